The van der Waals surface area contributed by atoms with Crippen molar-refractivity contribution in [3.05, 3.63) is 60.8 Å². The molecule has 0 aliphatic rings. The average Bonchev–Trinajstić information content (AvgIpc) is 3.08. The zero-order chi connectivity index (χ0) is 36.8. The third kappa shape index (κ3) is 37.3. The third-order valence-corrected chi connectivity index (χ3v) is 9.70. The largest absolute Gasteiger partial charge is 0.387 e. The molecule has 0 saturated carbocycles. The molecule has 0 radical (unpaired) electrons. The van der Waals surface area contributed by atoms with E-state index in [0.717, 1.165) is 51.4 Å². The summed E-state index contributed by atoms with van der Waals surface area (Å²) in [5.74, 6) is -1.02. The molecule has 2 unspecified atom stereocenters. The molecular weight excluding hydrogens is 643 g/mol. The lowest BCUT2D eigenvalue weighted by Crippen LogP contribution is -2.46. The first-order valence-corrected chi connectivity index (χ1v) is 22.1. The topological polar surface area (TPSA) is 104 Å². The number of allylic oxidation sites excluding steroid dienone is 9. The minimum Gasteiger partial charge on any atom is -0.387 e. The van der Waals surface area contributed by atoms with E-state index < -0.39 is 28.0 Å². The molecule has 2 atom stereocenters. The number of amides is 1. The van der Waals surface area contributed by atoms with Crippen LogP contribution >= 0.6 is 0 Å². The summed E-state index contributed by atoms with van der Waals surface area (Å²) in [5.41, 5.74) is 0. The molecular formula is C43H77NO5S. The van der Waals surface area contributed by atoms with Crippen molar-refractivity contribution in [2.75, 3.05) is 5.75 Å². The Morgan fingerprint density at radius 3 is 1.44 bits per heavy atom. The van der Waals surface area contributed by atoms with Crippen LogP contribution in [0.2, 0.25) is 0 Å². The Bertz CT molecular complexity index is 1010. The smallest absolute Gasteiger partial charge is 0.267 e. The molecule has 0 fully saturated rings. The van der Waals surface area contributed by atoms with E-state index in [1.165, 1.54) is 109 Å². The van der Waals surface area contributed by atoms with Gasteiger partial charge in [-0.15, -0.1) is 0 Å². The minimum absolute atomic E-state index is 0.271. The fraction of sp³-hybridized carbons (Fsp3) is 0.744. The van der Waals surface area contributed by atoms with Crippen LogP contribution in [0.5, 0.6) is 0 Å². The molecule has 0 bridgehead atoms. The van der Waals surface area contributed by atoms with Crippen LogP contribution in [0.3, 0.4) is 0 Å². The summed E-state index contributed by atoms with van der Waals surface area (Å²) < 4.78 is 32.5. The van der Waals surface area contributed by atoms with Crippen molar-refractivity contribution in [3.63, 3.8) is 0 Å². The molecule has 0 spiro atoms. The molecule has 6 nitrogen and oxygen atoms in total. The monoisotopic (exact) mass is 720 g/mol. The van der Waals surface area contributed by atoms with Crippen molar-refractivity contribution in [1.82, 2.24) is 5.32 Å². The molecule has 0 heterocycles. The molecule has 0 aromatic rings. The summed E-state index contributed by atoms with van der Waals surface area (Å²) in [6.45, 7) is 4.49. The number of rotatable bonds is 36. The normalized spacial score (nSPS) is 13.9. The van der Waals surface area contributed by atoms with Crippen LogP contribution in [0, 0.1) is 0 Å². The lowest BCUT2D eigenvalue weighted by atomic mass is 10.1. The quantitative estimate of drug-likeness (QED) is 0.0340. The standard InChI is InChI=1S/C43H77NO5S/c1-3-5-7-9-11-13-15-17-19-21-22-23-25-27-29-31-33-35-37-39-43(46)44-41(40-50(47,48)49)42(45)38-36-34-32-30-28-26-24-20-18-16-14-12-10-8-6-4-2/h11,13,17,19,22-23,28,30,36,38,41-42,45H,3-10,12,14-16,18,20-21,24-27,29,31-35,37,39-40H2,1-2H3,(H,44,46)(H,47,48,49)/b13-11-,19-17-,23-22-,30-28+,38-36+. The van der Waals surface area contributed by atoms with Gasteiger partial charge in [-0.2, -0.15) is 8.42 Å². The van der Waals surface area contributed by atoms with E-state index in [1.54, 1.807) is 6.08 Å². The van der Waals surface area contributed by atoms with E-state index in [0.29, 0.717) is 12.8 Å². The van der Waals surface area contributed by atoms with Crippen LogP contribution in [0.15, 0.2) is 60.8 Å². The number of carbonyl (C=O) groups is 1. The molecule has 50 heavy (non-hydrogen) atoms. The van der Waals surface area contributed by atoms with E-state index in [2.05, 4.69) is 67.8 Å². The van der Waals surface area contributed by atoms with E-state index in [9.17, 15) is 22.9 Å². The highest BCUT2D eigenvalue weighted by Gasteiger charge is 2.24. The molecule has 290 valence electrons. The number of carbonyl (C=O) groups excluding carboxylic acids is 1. The summed E-state index contributed by atoms with van der Waals surface area (Å²) in [4.78, 5) is 12.5. The number of aliphatic hydroxyl groups is 1. The van der Waals surface area contributed by atoms with Crippen molar-refractivity contribution in [3.8, 4) is 0 Å². The Labute approximate surface area is 309 Å². The Hall–Kier alpha value is -1.96. The zero-order valence-corrected chi connectivity index (χ0v) is 33.1. The molecule has 0 saturated heterocycles. The van der Waals surface area contributed by atoms with Crippen molar-refractivity contribution in [1.29, 1.82) is 0 Å². The highest BCUT2D eigenvalue weighted by atomic mass is 32.2. The number of hydrogen-bond acceptors (Lipinski definition) is 4. The molecule has 0 aliphatic carbocycles. The second kappa shape index (κ2) is 36.8. The summed E-state index contributed by atoms with van der Waals surface area (Å²) >= 11 is 0. The van der Waals surface area contributed by atoms with Gasteiger partial charge in [-0.3, -0.25) is 9.35 Å². The van der Waals surface area contributed by atoms with Crippen LogP contribution in [-0.4, -0.2) is 41.9 Å². The molecule has 0 aromatic heterocycles. The number of aliphatic hydroxyl groups excluding tert-OH is 1. The van der Waals surface area contributed by atoms with E-state index in [1.807, 2.05) is 0 Å². The first kappa shape index (κ1) is 48.0. The van der Waals surface area contributed by atoms with Gasteiger partial charge in [-0.1, -0.05) is 171 Å². The number of hydrogen-bond donors (Lipinski definition) is 3. The highest BCUT2D eigenvalue weighted by Crippen LogP contribution is 2.13. The van der Waals surface area contributed by atoms with Gasteiger partial charge in [-0.05, 0) is 70.6 Å². The van der Waals surface area contributed by atoms with Gasteiger partial charge in [0.05, 0.1) is 17.9 Å². The van der Waals surface area contributed by atoms with E-state index in [-0.39, 0.29) is 12.3 Å². The van der Waals surface area contributed by atoms with Crippen molar-refractivity contribution >= 4 is 16.0 Å². The maximum absolute atomic E-state index is 12.5. The first-order chi connectivity index (χ1) is 24.3. The van der Waals surface area contributed by atoms with Gasteiger partial charge in [0.2, 0.25) is 5.91 Å². The highest BCUT2D eigenvalue weighted by molar-refractivity contribution is 7.85. The van der Waals surface area contributed by atoms with Crippen LogP contribution < -0.4 is 5.32 Å². The molecule has 0 aliphatic heterocycles. The van der Waals surface area contributed by atoms with Crippen LogP contribution in [-0.2, 0) is 14.9 Å². The fourth-order valence-corrected chi connectivity index (χ4v) is 6.56. The molecule has 7 heteroatoms. The number of nitrogens with one attached hydrogen (secondary N) is 1. The Kier molecular flexibility index (Phi) is 35.4. The summed E-state index contributed by atoms with van der Waals surface area (Å²) in [7, 11) is -4.36. The maximum Gasteiger partial charge on any atom is 0.267 e. The van der Waals surface area contributed by atoms with Gasteiger partial charge >= 0.3 is 0 Å². The van der Waals surface area contributed by atoms with Crippen molar-refractivity contribution in [2.45, 2.75) is 199 Å². The van der Waals surface area contributed by atoms with Gasteiger partial charge in [0.1, 0.15) is 0 Å². The van der Waals surface area contributed by atoms with E-state index in [4.69, 9.17) is 0 Å². The van der Waals surface area contributed by atoms with Crippen molar-refractivity contribution < 1.29 is 22.9 Å². The Morgan fingerprint density at radius 1 is 0.540 bits per heavy atom. The first-order valence-electron chi connectivity index (χ1n) is 20.5. The third-order valence-electron chi connectivity index (χ3n) is 8.92. The molecule has 3 N–H and O–H groups in total. The Balaban J connectivity index is 4.02. The zero-order valence-electron chi connectivity index (χ0n) is 32.3. The van der Waals surface area contributed by atoms with Gasteiger partial charge in [0, 0.05) is 6.42 Å². The van der Waals surface area contributed by atoms with Crippen LogP contribution in [0.25, 0.3) is 0 Å². The fourth-order valence-electron chi connectivity index (χ4n) is 5.82. The summed E-state index contributed by atoms with van der Waals surface area (Å²) in [6, 6.07) is -1.08. The Morgan fingerprint density at radius 2 is 0.920 bits per heavy atom. The predicted molar refractivity (Wildman–Crippen MR) is 216 cm³/mol. The van der Waals surface area contributed by atoms with Crippen LogP contribution in [0.1, 0.15) is 187 Å². The van der Waals surface area contributed by atoms with Gasteiger partial charge in [0.25, 0.3) is 10.1 Å². The minimum atomic E-state index is -4.36. The lowest BCUT2D eigenvalue weighted by Gasteiger charge is -2.21. The summed E-state index contributed by atoms with van der Waals surface area (Å²) in [5, 5.41) is 13.2. The van der Waals surface area contributed by atoms with Crippen molar-refractivity contribution in [2.24, 2.45) is 0 Å². The average molecular weight is 720 g/mol. The molecule has 1 amide bonds. The molecule has 0 aromatic carbocycles. The SMILES string of the molecule is CCCCC/C=C\C/C=C\C/C=C\CCCCCCCCC(=O)NC(CS(=O)(=O)O)C(O)/C=C/CC/C=C/CCCCCCCCCCCC. The summed E-state index contributed by atoms with van der Waals surface area (Å²) in [6.07, 6.45) is 50.6. The molecule has 0 rings (SSSR count). The van der Waals surface area contributed by atoms with Gasteiger partial charge in [-0.25, -0.2) is 0 Å². The second-order valence-corrected chi connectivity index (χ2v) is 15.4. The maximum atomic E-state index is 12.5. The van der Waals surface area contributed by atoms with Crippen LogP contribution in [0.4, 0.5) is 0 Å². The lowest BCUT2D eigenvalue weighted by molar-refractivity contribution is -0.122. The van der Waals surface area contributed by atoms with E-state index >= 15 is 0 Å². The van der Waals surface area contributed by atoms with Gasteiger partial charge < -0.3 is 10.4 Å². The van der Waals surface area contributed by atoms with Gasteiger partial charge in [0.15, 0.2) is 0 Å². The number of unbranched alkanes of at least 4 members (excludes halogenated alkanes) is 20. The second-order valence-electron chi connectivity index (χ2n) is 13.9. The predicted octanol–water partition coefficient (Wildman–Crippen LogP) is 12.1.